The summed E-state index contributed by atoms with van der Waals surface area (Å²) in [5, 5.41) is 3.39. The summed E-state index contributed by atoms with van der Waals surface area (Å²) >= 11 is 0. The first-order valence-corrected chi connectivity index (χ1v) is 6.63. The lowest BCUT2D eigenvalue weighted by Crippen LogP contribution is -2.38. The minimum absolute atomic E-state index is 0.378. The third kappa shape index (κ3) is 3.84. The number of hydrogen-bond donors (Lipinski definition) is 1. The van der Waals surface area contributed by atoms with Crippen molar-refractivity contribution in [2.24, 2.45) is 0 Å². The van der Waals surface area contributed by atoms with E-state index in [-0.39, 0.29) is 0 Å². The number of aromatic nitrogens is 2. The highest BCUT2D eigenvalue weighted by Gasteiger charge is 2.13. The molecule has 0 spiro atoms. The van der Waals surface area contributed by atoms with Gasteiger partial charge in [0.05, 0.1) is 7.11 Å². The van der Waals surface area contributed by atoms with Gasteiger partial charge in [0, 0.05) is 18.7 Å². The molecular formula is C13H22N4O. The number of piperidine rings is 1. The summed E-state index contributed by atoms with van der Waals surface area (Å²) in [5.74, 6) is 1.42. The van der Waals surface area contributed by atoms with Crippen molar-refractivity contribution >= 4 is 5.82 Å². The lowest BCUT2D eigenvalue weighted by Gasteiger charge is -2.29. The molecule has 1 fully saturated rings. The molecule has 0 amide bonds. The zero-order chi connectivity index (χ0) is 12.8. The van der Waals surface area contributed by atoms with E-state index in [2.05, 4.69) is 27.1 Å². The highest BCUT2D eigenvalue weighted by molar-refractivity contribution is 5.37. The second-order valence-electron chi connectivity index (χ2n) is 4.85. The molecule has 1 unspecified atom stereocenters. The van der Waals surface area contributed by atoms with Gasteiger partial charge in [-0.2, -0.15) is 0 Å². The Kier molecular flexibility index (Phi) is 4.75. The number of methoxy groups -OCH3 is 1. The van der Waals surface area contributed by atoms with Crippen LogP contribution in [0.3, 0.4) is 0 Å². The predicted octanol–water partition coefficient (Wildman–Crippen LogP) is 1.77. The molecule has 0 bridgehead atoms. The lowest BCUT2D eigenvalue weighted by atomic mass is 10.1. The van der Waals surface area contributed by atoms with Crippen molar-refractivity contribution in [1.82, 2.24) is 14.9 Å². The minimum Gasteiger partial charge on any atom is -0.481 e. The van der Waals surface area contributed by atoms with Crippen LogP contribution < -0.4 is 10.1 Å². The summed E-state index contributed by atoms with van der Waals surface area (Å²) < 4.78 is 5.08. The van der Waals surface area contributed by atoms with Gasteiger partial charge in [0.15, 0.2) is 0 Å². The van der Waals surface area contributed by atoms with Gasteiger partial charge in [0.2, 0.25) is 5.88 Å². The Labute approximate surface area is 109 Å². The Morgan fingerprint density at radius 3 is 2.83 bits per heavy atom. The number of anilines is 1. The molecule has 2 heterocycles. The molecule has 1 aromatic heterocycles. The summed E-state index contributed by atoms with van der Waals surface area (Å²) in [4.78, 5) is 10.7. The molecular weight excluding hydrogens is 228 g/mol. The average Bonchev–Trinajstić information content (AvgIpc) is 2.40. The fourth-order valence-electron chi connectivity index (χ4n) is 2.36. The van der Waals surface area contributed by atoms with E-state index in [1.807, 2.05) is 6.07 Å². The van der Waals surface area contributed by atoms with E-state index in [1.54, 1.807) is 7.11 Å². The van der Waals surface area contributed by atoms with Crippen LogP contribution in [0.15, 0.2) is 12.4 Å². The summed E-state index contributed by atoms with van der Waals surface area (Å²) in [6.07, 6.45) is 5.55. The van der Waals surface area contributed by atoms with E-state index >= 15 is 0 Å². The van der Waals surface area contributed by atoms with Crippen molar-refractivity contribution < 1.29 is 4.74 Å². The lowest BCUT2D eigenvalue weighted by molar-refractivity contribution is 0.223. The smallest absolute Gasteiger partial charge is 0.218 e. The van der Waals surface area contributed by atoms with Crippen LogP contribution in [0.25, 0.3) is 0 Å². The van der Waals surface area contributed by atoms with Crippen molar-refractivity contribution in [2.45, 2.75) is 32.2 Å². The van der Waals surface area contributed by atoms with Crippen LogP contribution in [-0.4, -0.2) is 47.7 Å². The van der Waals surface area contributed by atoms with Crippen molar-refractivity contribution in [3.8, 4) is 5.88 Å². The zero-order valence-corrected chi connectivity index (χ0v) is 11.2. The molecule has 1 N–H and O–H groups in total. The Hall–Kier alpha value is -1.36. The van der Waals surface area contributed by atoms with E-state index in [9.17, 15) is 0 Å². The number of hydrogen-bond acceptors (Lipinski definition) is 5. The van der Waals surface area contributed by atoms with Gasteiger partial charge in [0.1, 0.15) is 12.1 Å². The van der Waals surface area contributed by atoms with Crippen molar-refractivity contribution in [3.63, 3.8) is 0 Å². The Morgan fingerprint density at radius 2 is 2.11 bits per heavy atom. The van der Waals surface area contributed by atoms with Crippen LogP contribution in [-0.2, 0) is 0 Å². The van der Waals surface area contributed by atoms with Crippen molar-refractivity contribution in [3.05, 3.63) is 12.4 Å². The molecule has 18 heavy (non-hydrogen) atoms. The Bertz CT molecular complexity index is 366. The molecule has 0 aromatic carbocycles. The number of ether oxygens (including phenoxy) is 1. The highest BCUT2D eigenvalue weighted by atomic mass is 16.5. The molecule has 1 atom stereocenters. The molecule has 5 heteroatoms. The molecule has 2 rings (SSSR count). The van der Waals surface area contributed by atoms with Gasteiger partial charge < -0.3 is 15.0 Å². The van der Waals surface area contributed by atoms with Gasteiger partial charge in [-0.15, -0.1) is 0 Å². The quantitative estimate of drug-likeness (QED) is 0.863. The van der Waals surface area contributed by atoms with Crippen LogP contribution in [0.1, 0.15) is 26.2 Å². The third-order valence-electron chi connectivity index (χ3n) is 3.23. The van der Waals surface area contributed by atoms with E-state index < -0.39 is 0 Å². The molecule has 5 nitrogen and oxygen atoms in total. The van der Waals surface area contributed by atoms with E-state index in [4.69, 9.17) is 4.74 Å². The Morgan fingerprint density at radius 1 is 1.33 bits per heavy atom. The Balaban J connectivity index is 1.83. The van der Waals surface area contributed by atoms with Gasteiger partial charge in [-0.05, 0) is 32.9 Å². The van der Waals surface area contributed by atoms with E-state index in [1.165, 1.54) is 38.7 Å². The van der Waals surface area contributed by atoms with E-state index in [0.29, 0.717) is 11.9 Å². The maximum Gasteiger partial charge on any atom is 0.218 e. The predicted molar refractivity (Wildman–Crippen MR) is 72.0 cm³/mol. The standard InChI is InChI=1S/C13H22N4O/c1-11(9-17-6-4-3-5-7-17)16-12-8-13(18-2)15-10-14-12/h8,10-11H,3-7,9H2,1-2H3,(H,14,15,16). The maximum absolute atomic E-state index is 5.08. The largest absolute Gasteiger partial charge is 0.481 e. The van der Waals surface area contributed by atoms with Crippen LogP contribution >= 0.6 is 0 Å². The van der Waals surface area contributed by atoms with Gasteiger partial charge in [-0.3, -0.25) is 0 Å². The first kappa shape index (κ1) is 13.1. The first-order valence-electron chi connectivity index (χ1n) is 6.63. The van der Waals surface area contributed by atoms with Crippen LogP contribution in [0.4, 0.5) is 5.82 Å². The molecule has 1 aromatic rings. The van der Waals surface area contributed by atoms with Crippen LogP contribution in [0, 0.1) is 0 Å². The van der Waals surface area contributed by atoms with Gasteiger partial charge in [0.25, 0.3) is 0 Å². The topological polar surface area (TPSA) is 50.3 Å². The molecule has 0 saturated carbocycles. The molecule has 0 aliphatic carbocycles. The fourth-order valence-corrected chi connectivity index (χ4v) is 2.36. The number of nitrogens with zero attached hydrogens (tertiary/aromatic N) is 3. The number of nitrogens with one attached hydrogen (secondary N) is 1. The molecule has 1 aliphatic rings. The maximum atomic E-state index is 5.08. The van der Waals surface area contributed by atoms with Crippen molar-refractivity contribution in [1.29, 1.82) is 0 Å². The second-order valence-corrected chi connectivity index (χ2v) is 4.85. The number of likely N-dealkylation sites (tertiary alicyclic amines) is 1. The highest BCUT2D eigenvalue weighted by Crippen LogP contribution is 2.13. The monoisotopic (exact) mass is 250 g/mol. The second kappa shape index (κ2) is 6.54. The van der Waals surface area contributed by atoms with E-state index in [0.717, 1.165) is 12.4 Å². The molecule has 1 saturated heterocycles. The minimum atomic E-state index is 0.378. The average molecular weight is 250 g/mol. The SMILES string of the molecule is COc1cc(NC(C)CN2CCCCC2)ncn1. The third-order valence-corrected chi connectivity index (χ3v) is 3.23. The van der Waals surface area contributed by atoms with Gasteiger partial charge in [-0.1, -0.05) is 6.42 Å². The molecule has 0 radical (unpaired) electrons. The normalized spacial score (nSPS) is 18.3. The zero-order valence-electron chi connectivity index (χ0n) is 11.2. The first-order chi connectivity index (χ1) is 8.78. The van der Waals surface area contributed by atoms with Crippen LogP contribution in [0.5, 0.6) is 5.88 Å². The van der Waals surface area contributed by atoms with Crippen LogP contribution in [0.2, 0.25) is 0 Å². The molecule has 100 valence electrons. The number of rotatable bonds is 5. The summed E-state index contributed by atoms with van der Waals surface area (Å²) in [6, 6.07) is 2.20. The molecule has 1 aliphatic heterocycles. The van der Waals surface area contributed by atoms with Gasteiger partial charge in [-0.25, -0.2) is 9.97 Å². The van der Waals surface area contributed by atoms with Crippen molar-refractivity contribution in [2.75, 3.05) is 32.1 Å². The fraction of sp³-hybridized carbons (Fsp3) is 0.692. The van der Waals surface area contributed by atoms with Gasteiger partial charge >= 0.3 is 0 Å². The summed E-state index contributed by atoms with van der Waals surface area (Å²) in [6.45, 7) is 5.69. The summed E-state index contributed by atoms with van der Waals surface area (Å²) in [7, 11) is 1.61. The summed E-state index contributed by atoms with van der Waals surface area (Å²) in [5.41, 5.74) is 0.